The number of benzene rings is 1. The van der Waals surface area contributed by atoms with E-state index in [1.54, 1.807) is 0 Å². The molecule has 0 aromatic heterocycles. The number of nitriles is 1. The van der Waals surface area contributed by atoms with Crippen LogP contribution in [0.15, 0.2) is 24.3 Å². The highest BCUT2D eigenvalue weighted by Crippen LogP contribution is 2.49. The van der Waals surface area contributed by atoms with Crippen LogP contribution in [0.5, 0.6) is 0 Å². The van der Waals surface area contributed by atoms with Crippen molar-refractivity contribution in [3.63, 3.8) is 0 Å². The van der Waals surface area contributed by atoms with Gasteiger partial charge in [0.1, 0.15) is 0 Å². The lowest BCUT2D eigenvalue weighted by atomic mass is 9.63. The maximum atomic E-state index is 9.48. The van der Waals surface area contributed by atoms with E-state index in [4.69, 9.17) is 0 Å². The molecule has 0 heterocycles. The predicted octanol–water partition coefficient (Wildman–Crippen LogP) is 3.84. The highest BCUT2D eigenvalue weighted by molar-refractivity contribution is 5.30. The zero-order valence-corrected chi connectivity index (χ0v) is 12.2. The highest BCUT2D eigenvalue weighted by atomic mass is 14.9. The van der Waals surface area contributed by atoms with Crippen LogP contribution in [0.25, 0.3) is 0 Å². The summed E-state index contributed by atoms with van der Waals surface area (Å²) in [5, 5.41) is 12.8. The van der Waals surface area contributed by atoms with Crippen molar-refractivity contribution in [2.75, 3.05) is 7.05 Å². The molecule has 0 spiro atoms. The summed E-state index contributed by atoms with van der Waals surface area (Å²) in [6, 6.07) is 11.5. The van der Waals surface area contributed by atoms with Crippen molar-refractivity contribution in [1.29, 1.82) is 5.26 Å². The summed E-state index contributed by atoms with van der Waals surface area (Å²) in [7, 11) is 1.96. The first-order valence-electron chi connectivity index (χ1n) is 7.28. The molecule has 0 saturated heterocycles. The molecule has 0 radical (unpaired) electrons. The van der Waals surface area contributed by atoms with Crippen LogP contribution < -0.4 is 5.32 Å². The van der Waals surface area contributed by atoms with Gasteiger partial charge in [0.25, 0.3) is 0 Å². The Labute approximate surface area is 116 Å². The lowest BCUT2D eigenvalue weighted by molar-refractivity contribution is 0.149. The van der Waals surface area contributed by atoms with Crippen LogP contribution in [-0.2, 0) is 6.42 Å². The molecule has 1 aromatic rings. The monoisotopic (exact) mass is 256 g/mol. The summed E-state index contributed by atoms with van der Waals surface area (Å²) >= 11 is 0. The lowest BCUT2D eigenvalue weighted by Gasteiger charge is -2.42. The number of nitrogens with one attached hydrogen (secondary N) is 1. The van der Waals surface area contributed by atoms with Gasteiger partial charge in [0.05, 0.1) is 17.5 Å². The zero-order chi connectivity index (χ0) is 13.9. The van der Waals surface area contributed by atoms with E-state index in [1.165, 1.54) is 17.5 Å². The largest absolute Gasteiger partial charge is 0.312 e. The van der Waals surface area contributed by atoms with Crippen LogP contribution in [0.3, 0.4) is 0 Å². The van der Waals surface area contributed by atoms with Gasteiger partial charge in [-0.25, -0.2) is 0 Å². The fourth-order valence-corrected chi connectivity index (χ4v) is 3.10. The first kappa shape index (κ1) is 14.1. The molecule has 1 atom stereocenters. The van der Waals surface area contributed by atoms with Crippen LogP contribution in [-0.4, -0.2) is 7.05 Å². The molecular weight excluding hydrogens is 232 g/mol. The van der Waals surface area contributed by atoms with Gasteiger partial charge < -0.3 is 5.32 Å². The molecule has 1 aromatic carbocycles. The van der Waals surface area contributed by atoms with Gasteiger partial charge in [0, 0.05) is 0 Å². The average molecular weight is 256 g/mol. The van der Waals surface area contributed by atoms with Crippen LogP contribution in [0.4, 0.5) is 0 Å². The maximum Gasteiger partial charge on any atom is 0.0768 e. The molecule has 2 heteroatoms. The smallest absolute Gasteiger partial charge is 0.0768 e. The Bertz CT molecular complexity index is 449. The third kappa shape index (κ3) is 2.82. The number of hydrogen-bond acceptors (Lipinski definition) is 2. The van der Waals surface area contributed by atoms with E-state index >= 15 is 0 Å². The second-order valence-corrected chi connectivity index (χ2v) is 6.18. The Morgan fingerprint density at radius 3 is 2.26 bits per heavy atom. The quantitative estimate of drug-likeness (QED) is 0.869. The van der Waals surface area contributed by atoms with Crippen molar-refractivity contribution in [1.82, 2.24) is 5.32 Å². The van der Waals surface area contributed by atoms with Gasteiger partial charge in [-0.05, 0) is 43.4 Å². The molecule has 1 fully saturated rings. The minimum absolute atomic E-state index is 0.166. The van der Waals surface area contributed by atoms with E-state index in [9.17, 15) is 5.26 Å². The second kappa shape index (κ2) is 5.75. The van der Waals surface area contributed by atoms with E-state index in [2.05, 4.69) is 49.5 Å². The fourth-order valence-electron chi connectivity index (χ4n) is 3.10. The van der Waals surface area contributed by atoms with Crippen molar-refractivity contribution in [2.24, 2.45) is 11.3 Å². The second-order valence-electron chi connectivity index (χ2n) is 6.18. The van der Waals surface area contributed by atoms with Crippen LogP contribution in [0, 0.1) is 22.7 Å². The molecule has 102 valence electrons. The summed E-state index contributed by atoms with van der Waals surface area (Å²) in [6.45, 7) is 4.48. The summed E-state index contributed by atoms with van der Waals surface area (Å²) in [6.07, 6.45) is 4.33. The Kier molecular flexibility index (Phi) is 4.27. The number of hydrogen-bond donors (Lipinski definition) is 1. The van der Waals surface area contributed by atoms with Crippen molar-refractivity contribution in [2.45, 2.75) is 45.6 Å². The summed E-state index contributed by atoms with van der Waals surface area (Å²) in [5.74, 6) is 0.683. The standard InChI is InChI=1S/C17H24N2/c1-13(2)11-14-5-7-15(8-6-14)16(19-3)17(12-18)9-4-10-17/h5-8,13,16,19H,4,9-11H2,1-3H3. The molecule has 0 bridgehead atoms. The molecule has 2 rings (SSSR count). The highest BCUT2D eigenvalue weighted by Gasteiger charge is 2.44. The molecule has 1 aliphatic carbocycles. The SMILES string of the molecule is CNC(c1ccc(CC(C)C)cc1)C1(C#N)CCC1. The lowest BCUT2D eigenvalue weighted by Crippen LogP contribution is -2.40. The normalized spacial score (nSPS) is 18.7. The zero-order valence-electron chi connectivity index (χ0n) is 12.2. The van der Waals surface area contributed by atoms with E-state index in [1.807, 2.05) is 7.05 Å². The van der Waals surface area contributed by atoms with Crippen molar-refractivity contribution in [3.8, 4) is 6.07 Å². The molecule has 1 unspecified atom stereocenters. The molecule has 19 heavy (non-hydrogen) atoms. The first-order valence-corrected chi connectivity index (χ1v) is 7.28. The van der Waals surface area contributed by atoms with Crippen LogP contribution >= 0.6 is 0 Å². The van der Waals surface area contributed by atoms with Gasteiger partial charge in [-0.15, -0.1) is 0 Å². The molecule has 1 N–H and O–H groups in total. The van der Waals surface area contributed by atoms with Crippen LogP contribution in [0.1, 0.15) is 50.3 Å². The average Bonchev–Trinajstić information content (AvgIpc) is 2.34. The Hall–Kier alpha value is -1.33. The Morgan fingerprint density at radius 2 is 1.89 bits per heavy atom. The van der Waals surface area contributed by atoms with E-state index in [-0.39, 0.29) is 11.5 Å². The fraction of sp³-hybridized carbons (Fsp3) is 0.588. The molecule has 1 aliphatic rings. The summed E-state index contributed by atoms with van der Waals surface area (Å²) in [5.41, 5.74) is 2.44. The van der Waals surface area contributed by atoms with Gasteiger partial charge in [0.15, 0.2) is 0 Å². The molecule has 0 aliphatic heterocycles. The summed E-state index contributed by atoms with van der Waals surface area (Å²) < 4.78 is 0. The summed E-state index contributed by atoms with van der Waals surface area (Å²) in [4.78, 5) is 0. The van der Waals surface area contributed by atoms with E-state index < -0.39 is 0 Å². The van der Waals surface area contributed by atoms with Gasteiger partial charge in [-0.3, -0.25) is 0 Å². The third-order valence-corrected chi connectivity index (χ3v) is 4.27. The van der Waals surface area contributed by atoms with E-state index in [0.29, 0.717) is 5.92 Å². The predicted molar refractivity (Wildman–Crippen MR) is 78.7 cm³/mol. The molecule has 2 nitrogen and oxygen atoms in total. The number of rotatable bonds is 5. The van der Waals surface area contributed by atoms with Crippen LogP contribution in [0.2, 0.25) is 0 Å². The minimum atomic E-state index is -0.186. The van der Waals surface area contributed by atoms with Gasteiger partial charge in [-0.2, -0.15) is 5.26 Å². The maximum absolute atomic E-state index is 9.48. The van der Waals surface area contributed by atoms with Gasteiger partial charge >= 0.3 is 0 Å². The molecular formula is C17H24N2. The Balaban J connectivity index is 2.18. The van der Waals surface area contributed by atoms with E-state index in [0.717, 1.165) is 19.3 Å². The molecule has 1 saturated carbocycles. The van der Waals surface area contributed by atoms with Crippen molar-refractivity contribution >= 4 is 0 Å². The number of nitrogens with zero attached hydrogens (tertiary/aromatic N) is 1. The topological polar surface area (TPSA) is 35.8 Å². The van der Waals surface area contributed by atoms with Gasteiger partial charge in [-0.1, -0.05) is 44.5 Å². The molecule has 0 amide bonds. The first-order chi connectivity index (χ1) is 9.11. The van der Waals surface area contributed by atoms with Crippen molar-refractivity contribution < 1.29 is 0 Å². The Morgan fingerprint density at radius 1 is 1.26 bits per heavy atom. The minimum Gasteiger partial charge on any atom is -0.312 e. The third-order valence-electron chi connectivity index (χ3n) is 4.27. The van der Waals surface area contributed by atoms with Gasteiger partial charge in [0.2, 0.25) is 0 Å². The van der Waals surface area contributed by atoms with Crippen molar-refractivity contribution in [3.05, 3.63) is 35.4 Å².